The Balaban J connectivity index is 1.91. The Morgan fingerprint density at radius 2 is 2.05 bits per heavy atom. The number of fused-ring (bicyclic) bond motifs is 1. The molecular weight excluding hydrogens is 264 g/mol. The van der Waals surface area contributed by atoms with Gasteiger partial charge in [0.2, 0.25) is 0 Å². The number of pyridine rings is 1. The van der Waals surface area contributed by atoms with E-state index in [4.69, 9.17) is 0 Å². The molecule has 0 radical (unpaired) electrons. The molecule has 20 heavy (non-hydrogen) atoms. The molecule has 1 N–H and O–H groups in total. The number of rotatable bonds is 3. The van der Waals surface area contributed by atoms with Gasteiger partial charge in [-0.25, -0.2) is 0 Å². The fraction of sp³-hybridized carbons (Fsp3) is 0.471. The van der Waals surface area contributed by atoms with Gasteiger partial charge in [-0.05, 0) is 62.9 Å². The molecule has 0 fully saturated rings. The molecule has 1 atom stereocenters. The molecule has 3 heteroatoms. The minimum absolute atomic E-state index is 0.278. The third-order valence-electron chi connectivity index (χ3n) is 4.11. The molecule has 106 valence electrons. The summed E-state index contributed by atoms with van der Waals surface area (Å²) in [5.74, 6) is 0. The molecule has 1 unspecified atom stereocenters. The van der Waals surface area contributed by atoms with E-state index in [-0.39, 0.29) is 6.04 Å². The number of aromatic nitrogens is 1. The second-order valence-electron chi connectivity index (χ2n) is 5.61. The van der Waals surface area contributed by atoms with Crippen molar-refractivity contribution in [2.45, 2.75) is 45.1 Å². The van der Waals surface area contributed by atoms with Crippen LogP contribution in [0.25, 0.3) is 0 Å². The monoisotopic (exact) mass is 286 g/mol. The largest absolute Gasteiger partial charge is 0.309 e. The first-order chi connectivity index (χ1) is 9.78. The third-order valence-corrected chi connectivity index (χ3v) is 5.41. The minimum Gasteiger partial charge on any atom is -0.309 e. The molecule has 0 amide bonds. The summed E-state index contributed by atoms with van der Waals surface area (Å²) < 4.78 is 0. The molecule has 2 aromatic rings. The molecule has 2 nitrogen and oxygen atoms in total. The Hall–Kier alpha value is -1.19. The maximum absolute atomic E-state index is 4.44. The molecule has 0 aromatic carbocycles. The van der Waals surface area contributed by atoms with E-state index in [1.165, 1.54) is 42.5 Å². The average Bonchev–Trinajstić information content (AvgIpc) is 2.72. The highest BCUT2D eigenvalue weighted by Gasteiger charge is 2.19. The van der Waals surface area contributed by atoms with Crippen molar-refractivity contribution >= 4 is 11.3 Å². The standard InChI is InChI=1S/C17H22N2S/c1-12-8-9-14(11-19-12)17(18-2)16-10-13-6-4-3-5-7-15(13)20-16/h8-11,17-18H,3-7H2,1-2H3. The summed E-state index contributed by atoms with van der Waals surface area (Å²) in [4.78, 5) is 7.48. The van der Waals surface area contributed by atoms with E-state index >= 15 is 0 Å². The SMILES string of the molecule is CNC(c1ccc(C)nc1)c1cc2c(s1)CCCCC2. The quantitative estimate of drug-likeness (QED) is 0.862. The molecule has 0 bridgehead atoms. The van der Waals surface area contributed by atoms with Gasteiger partial charge in [-0.15, -0.1) is 11.3 Å². The first kappa shape index (κ1) is 13.8. The number of hydrogen-bond donors (Lipinski definition) is 1. The molecule has 3 rings (SSSR count). The first-order valence-electron chi connectivity index (χ1n) is 7.49. The van der Waals surface area contributed by atoms with Crippen LogP contribution in [-0.2, 0) is 12.8 Å². The molecule has 0 spiro atoms. The van der Waals surface area contributed by atoms with Gasteiger partial charge in [0.15, 0.2) is 0 Å². The van der Waals surface area contributed by atoms with E-state index in [9.17, 15) is 0 Å². The summed E-state index contributed by atoms with van der Waals surface area (Å²) in [5, 5.41) is 3.45. The number of aryl methyl sites for hydroxylation is 3. The zero-order chi connectivity index (χ0) is 13.9. The number of nitrogens with zero attached hydrogens (tertiary/aromatic N) is 1. The van der Waals surface area contributed by atoms with Crippen LogP contribution in [0.1, 0.15) is 51.9 Å². The normalized spacial score (nSPS) is 16.5. The summed E-state index contributed by atoms with van der Waals surface area (Å²) in [5.41, 5.74) is 3.92. The molecular formula is C17H22N2S. The Morgan fingerprint density at radius 1 is 1.20 bits per heavy atom. The highest BCUT2D eigenvalue weighted by atomic mass is 32.1. The van der Waals surface area contributed by atoms with Gasteiger partial charge in [0, 0.05) is 21.6 Å². The fourth-order valence-corrected chi connectivity index (χ4v) is 4.35. The second-order valence-corrected chi connectivity index (χ2v) is 6.78. The van der Waals surface area contributed by atoms with Crippen molar-refractivity contribution in [2.24, 2.45) is 0 Å². The van der Waals surface area contributed by atoms with Crippen LogP contribution in [0.15, 0.2) is 24.4 Å². The van der Waals surface area contributed by atoms with Gasteiger partial charge < -0.3 is 5.32 Å². The zero-order valence-electron chi connectivity index (χ0n) is 12.3. The highest BCUT2D eigenvalue weighted by molar-refractivity contribution is 7.12. The van der Waals surface area contributed by atoms with Gasteiger partial charge >= 0.3 is 0 Å². The Kier molecular flexibility index (Phi) is 4.18. The highest BCUT2D eigenvalue weighted by Crippen LogP contribution is 2.34. The lowest BCUT2D eigenvalue weighted by atomic mass is 10.1. The maximum atomic E-state index is 4.44. The van der Waals surface area contributed by atoms with E-state index in [0.29, 0.717) is 0 Å². The third kappa shape index (κ3) is 2.79. The maximum Gasteiger partial charge on any atom is 0.0683 e. The van der Waals surface area contributed by atoms with Crippen LogP contribution in [0.2, 0.25) is 0 Å². The molecule has 1 aliphatic carbocycles. The lowest BCUT2D eigenvalue weighted by Gasteiger charge is -2.14. The molecule has 0 saturated heterocycles. The molecule has 0 saturated carbocycles. The van der Waals surface area contributed by atoms with Crippen molar-refractivity contribution in [1.29, 1.82) is 0 Å². The van der Waals surface area contributed by atoms with Crippen molar-refractivity contribution in [3.63, 3.8) is 0 Å². The van der Waals surface area contributed by atoms with Gasteiger partial charge in [0.1, 0.15) is 0 Å². The first-order valence-corrected chi connectivity index (χ1v) is 8.31. The Labute approximate surface area is 125 Å². The summed E-state index contributed by atoms with van der Waals surface area (Å²) in [7, 11) is 2.04. The van der Waals surface area contributed by atoms with Crippen LogP contribution in [-0.4, -0.2) is 12.0 Å². The average molecular weight is 286 g/mol. The lowest BCUT2D eigenvalue weighted by Crippen LogP contribution is -2.16. The Bertz CT molecular complexity index is 548. The van der Waals surface area contributed by atoms with Crippen molar-refractivity contribution in [3.8, 4) is 0 Å². The summed E-state index contributed by atoms with van der Waals surface area (Å²) >= 11 is 1.99. The van der Waals surface area contributed by atoms with Crippen molar-refractivity contribution in [1.82, 2.24) is 10.3 Å². The molecule has 2 heterocycles. The van der Waals surface area contributed by atoms with Crippen molar-refractivity contribution < 1.29 is 0 Å². The summed E-state index contributed by atoms with van der Waals surface area (Å²) in [6.07, 6.45) is 8.61. The van der Waals surface area contributed by atoms with Crippen LogP contribution < -0.4 is 5.32 Å². The van der Waals surface area contributed by atoms with Crippen molar-refractivity contribution in [3.05, 3.63) is 51.0 Å². The van der Waals surface area contributed by atoms with E-state index in [1.807, 2.05) is 31.5 Å². The minimum atomic E-state index is 0.278. The fourth-order valence-electron chi connectivity index (χ4n) is 2.96. The van der Waals surface area contributed by atoms with Gasteiger partial charge in [-0.1, -0.05) is 12.5 Å². The van der Waals surface area contributed by atoms with E-state index in [2.05, 4.69) is 28.5 Å². The van der Waals surface area contributed by atoms with E-state index < -0.39 is 0 Å². The zero-order valence-corrected chi connectivity index (χ0v) is 13.1. The van der Waals surface area contributed by atoms with Crippen molar-refractivity contribution in [2.75, 3.05) is 7.05 Å². The van der Waals surface area contributed by atoms with Gasteiger partial charge in [0.05, 0.1) is 6.04 Å². The second kappa shape index (κ2) is 6.06. The van der Waals surface area contributed by atoms with E-state index in [1.54, 1.807) is 10.4 Å². The topological polar surface area (TPSA) is 24.9 Å². The predicted octanol–water partition coefficient (Wildman–Crippen LogP) is 4.03. The molecule has 0 aliphatic heterocycles. The van der Waals surface area contributed by atoms with Gasteiger partial charge in [0.25, 0.3) is 0 Å². The van der Waals surface area contributed by atoms with E-state index in [0.717, 1.165) is 5.69 Å². The summed E-state index contributed by atoms with van der Waals surface area (Å²) in [6, 6.07) is 6.99. The van der Waals surface area contributed by atoms with Crippen LogP contribution >= 0.6 is 11.3 Å². The van der Waals surface area contributed by atoms with Crippen LogP contribution in [0.5, 0.6) is 0 Å². The number of hydrogen-bond acceptors (Lipinski definition) is 3. The van der Waals surface area contributed by atoms with Crippen LogP contribution in [0.4, 0.5) is 0 Å². The Morgan fingerprint density at radius 3 is 2.80 bits per heavy atom. The number of thiophene rings is 1. The molecule has 2 aromatic heterocycles. The lowest BCUT2D eigenvalue weighted by molar-refractivity contribution is 0.695. The van der Waals surface area contributed by atoms with Gasteiger partial charge in [-0.2, -0.15) is 0 Å². The van der Waals surface area contributed by atoms with Gasteiger partial charge in [-0.3, -0.25) is 4.98 Å². The predicted molar refractivity (Wildman–Crippen MR) is 85.5 cm³/mol. The van der Waals surface area contributed by atoms with Crippen LogP contribution in [0, 0.1) is 6.92 Å². The smallest absolute Gasteiger partial charge is 0.0683 e. The molecule has 1 aliphatic rings. The number of nitrogens with one attached hydrogen (secondary N) is 1. The summed E-state index contributed by atoms with van der Waals surface area (Å²) in [6.45, 7) is 2.03. The van der Waals surface area contributed by atoms with Crippen LogP contribution in [0.3, 0.4) is 0 Å².